The number of carbonyl (C=O) groups excluding carboxylic acids is 1. The molecule has 0 saturated carbocycles. The number of benzene rings is 2. The average Bonchev–Trinajstić information content (AvgIpc) is 3.30. The Morgan fingerprint density at radius 1 is 1.06 bits per heavy atom. The lowest BCUT2D eigenvalue weighted by molar-refractivity contribution is 0.0986. The zero-order valence-corrected chi connectivity index (χ0v) is 22.5. The summed E-state index contributed by atoms with van der Waals surface area (Å²) in [6.45, 7) is 8.85. The number of amides is 1. The molecule has 1 heterocycles. The van der Waals surface area contributed by atoms with Gasteiger partial charge in [0.15, 0.2) is 5.13 Å². The zero-order valence-electron chi connectivity index (χ0n) is 20.9. The number of thiazole rings is 1. The molecule has 0 N–H and O–H groups in total. The predicted molar refractivity (Wildman–Crippen MR) is 147 cm³/mol. The van der Waals surface area contributed by atoms with E-state index in [1.54, 1.807) is 24.1 Å². The van der Waals surface area contributed by atoms with E-state index in [0.717, 1.165) is 17.7 Å². The minimum absolute atomic E-state index is 0.103. The summed E-state index contributed by atoms with van der Waals surface area (Å²) in [7, 11) is 1.80. The fraction of sp³-hybridized carbons (Fsp3) is 0.308. The van der Waals surface area contributed by atoms with Crippen LogP contribution in [0.25, 0.3) is 10.2 Å². The molecule has 2 aromatic carbocycles. The van der Waals surface area contributed by atoms with Gasteiger partial charge in [-0.15, -0.1) is 13.2 Å². The number of methoxy groups -OCH3 is 1. The summed E-state index contributed by atoms with van der Waals surface area (Å²) in [4.78, 5) is 22.1. The van der Waals surface area contributed by atoms with Crippen molar-refractivity contribution in [3.63, 3.8) is 0 Å². The number of aromatic nitrogens is 1. The van der Waals surface area contributed by atoms with E-state index < -0.39 is 10.0 Å². The predicted octanol–water partition coefficient (Wildman–Crippen LogP) is 4.27. The number of sulfonamides is 1. The maximum Gasteiger partial charge on any atom is 0.260 e. The molecule has 10 heteroatoms. The second-order valence-electron chi connectivity index (χ2n) is 8.34. The topological polar surface area (TPSA) is 83.1 Å². The first kappa shape index (κ1) is 27.5. The molecular formula is C26H32N4O4S2. The number of carbonyl (C=O) groups is 1. The summed E-state index contributed by atoms with van der Waals surface area (Å²) >= 11 is 1.42. The van der Waals surface area contributed by atoms with Gasteiger partial charge >= 0.3 is 0 Å². The van der Waals surface area contributed by atoms with Gasteiger partial charge in [0.2, 0.25) is 10.0 Å². The smallest absolute Gasteiger partial charge is 0.260 e. The summed E-state index contributed by atoms with van der Waals surface area (Å²) in [6, 6.07) is 11.7. The quantitative estimate of drug-likeness (QED) is 0.308. The number of hydrogen-bond donors (Lipinski definition) is 0. The number of rotatable bonds is 13. The van der Waals surface area contributed by atoms with Crippen LogP contribution in [0.5, 0.6) is 5.75 Å². The molecule has 8 nitrogen and oxygen atoms in total. The molecule has 0 spiro atoms. The van der Waals surface area contributed by atoms with E-state index in [2.05, 4.69) is 18.1 Å². The fourth-order valence-corrected chi connectivity index (χ4v) is 6.04. The molecule has 0 saturated heterocycles. The summed E-state index contributed by atoms with van der Waals surface area (Å²) in [5.41, 5.74) is 1.08. The second-order valence-corrected chi connectivity index (χ2v) is 11.3. The zero-order chi connectivity index (χ0) is 26.3. The lowest BCUT2D eigenvalue weighted by atomic mass is 10.2. The molecule has 0 atom stereocenters. The molecule has 0 aliphatic carbocycles. The van der Waals surface area contributed by atoms with E-state index in [0.29, 0.717) is 28.5 Å². The molecule has 1 amide bonds. The monoisotopic (exact) mass is 528 g/mol. The van der Waals surface area contributed by atoms with Crippen LogP contribution in [0.4, 0.5) is 5.13 Å². The molecule has 0 bridgehead atoms. The van der Waals surface area contributed by atoms with Crippen LogP contribution in [0.3, 0.4) is 0 Å². The molecule has 0 aliphatic rings. The number of ether oxygens (including phenoxy) is 1. The molecule has 3 aromatic rings. The van der Waals surface area contributed by atoms with Crippen molar-refractivity contribution < 1.29 is 17.9 Å². The Balaban J connectivity index is 1.94. The lowest BCUT2D eigenvalue weighted by Gasteiger charge is -2.22. The number of para-hydroxylation sites is 1. The molecule has 36 heavy (non-hydrogen) atoms. The highest BCUT2D eigenvalue weighted by molar-refractivity contribution is 7.89. The molecule has 1 aromatic heterocycles. The molecule has 192 valence electrons. The van der Waals surface area contributed by atoms with Crippen molar-refractivity contribution in [3.8, 4) is 5.75 Å². The van der Waals surface area contributed by atoms with E-state index in [1.807, 2.05) is 32.3 Å². The average molecular weight is 529 g/mol. The first-order valence-corrected chi connectivity index (χ1v) is 13.7. The van der Waals surface area contributed by atoms with E-state index in [9.17, 15) is 13.2 Å². The van der Waals surface area contributed by atoms with Gasteiger partial charge in [-0.05, 0) is 63.5 Å². The Morgan fingerprint density at radius 3 is 2.31 bits per heavy atom. The first-order chi connectivity index (χ1) is 17.2. The van der Waals surface area contributed by atoms with Crippen molar-refractivity contribution in [1.29, 1.82) is 0 Å². The standard InChI is InChI=1S/C26H32N4O4S2/c1-6-16-29(17-7-2)36(32,33)21-14-12-20(13-15-21)25(31)30(19-9-18-28(3)4)26-27-24-22(34-5)10-8-11-23(24)35-26/h6-8,10-15H,1-2,9,16-19H2,3-5H3. The van der Waals surface area contributed by atoms with Gasteiger partial charge in [-0.25, -0.2) is 13.4 Å². The van der Waals surface area contributed by atoms with Gasteiger partial charge in [0.1, 0.15) is 11.3 Å². The van der Waals surface area contributed by atoms with Crippen molar-refractivity contribution in [2.75, 3.05) is 52.3 Å². The number of anilines is 1. The first-order valence-electron chi connectivity index (χ1n) is 11.4. The van der Waals surface area contributed by atoms with Crippen LogP contribution in [-0.4, -0.2) is 75.9 Å². The largest absolute Gasteiger partial charge is 0.494 e. The van der Waals surface area contributed by atoms with E-state index in [1.165, 1.54) is 39.9 Å². The highest BCUT2D eigenvalue weighted by atomic mass is 32.2. The van der Waals surface area contributed by atoms with E-state index >= 15 is 0 Å². The van der Waals surface area contributed by atoms with Crippen LogP contribution in [0.15, 0.2) is 72.7 Å². The summed E-state index contributed by atoms with van der Waals surface area (Å²) in [6.07, 6.45) is 3.80. The van der Waals surface area contributed by atoms with Crippen molar-refractivity contribution >= 4 is 42.6 Å². The van der Waals surface area contributed by atoms with Gasteiger partial charge in [-0.2, -0.15) is 4.31 Å². The van der Waals surface area contributed by atoms with E-state index in [4.69, 9.17) is 9.72 Å². The van der Waals surface area contributed by atoms with Crippen LogP contribution in [-0.2, 0) is 10.0 Å². The maximum absolute atomic E-state index is 13.6. The van der Waals surface area contributed by atoms with Crippen molar-refractivity contribution in [2.24, 2.45) is 0 Å². The van der Waals surface area contributed by atoms with Gasteiger partial charge in [-0.1, -0.05) is 29.6 Å². The van der Waals surface area contributed by atoms with Gasteiger partial charge in [0.25, 0.3) is 5.91 Å². The summed E-state index contributed by atoms with van der Waals surface area (Å²) < 4.78 is 33.7. The third-order valence-corrected chi connectivity index (χ3v) is 8.35. The Kier molecular flexibility index (Phi) is 9.38. The van der Waals surface area contributed by atoms with Gasteiger partial charge < -0.3 is 9.64 Å². The molecular weight excluding hydrogens is 496 g/mol. The second kappa shape index (κ2) is 12.3. The molecule has 0 aliphatic heterocycles. The fourth-order valence-electron chi connectivity index (χ4n) is 3.65. The molecule has 0 radical (unpaired) electrons. The maximum atomic E-state index is 13.6. The number of nitrogens with zero attached hydrogens (tertiary/aromatic N) is 4. The van der Waals surface area contributed by atoms with Crippen LogP contribution in [0.2, 0.25) is 0 Å². The highest BCUT2D eigenvalue weighted by Crippen LogP contribution is 2.34. The highest BCUT2D eigenvalue weighted by Gasteiger charge is 2.25. The van der Waals surface area contributed by atoms with Gasteiger partial charge in [0.05, 0.1) is 16.7 Å². The van der Waals surface area contributed by atoms with Crippen molar-refractivity contribution in [2.45, 2.75) is 11.3 Å². The minimum atomic E-state index is -3.75. The number of hydrogen-bond acceptors (Lipinski definition) is 7. The molecule has 0 unspecified atom stereocenters. The Bertz CT molecular complexity index is 1310. The van der Waals surface area contributed by atoms with E-state index in [-0.39, 0.29) is 23.9 Å². The third kappa shape index (κ3) is 6.19. The Hall–Kier alpha value is -3.05. The minimum Gasteiger partial charge on any atom is -0.494 e. The van der Waals surface area contributed by atoms with Gasteiger partial charge in [-0.3, -0.25) is 9.69 Å². The van der Waals surface area contributed by atoms with Crippen molar-refractivity contribution in [3.05, 3.63) is 73.3 Å². The van der Waals surface area contributed by atoms with Crippen LogP contribution < -0.4 is 9.64 Å². The van der Waals surface area contributed by atoms with Crippen LogP contribution >= 0.6 is 11.3 Å². The number of fused-ring (bicyclic) bond motifs is 1. The molecule has 3 rings (SSSR count). The van der Waals surface area contributed by atoms with Gasteiger partial charge in [0, 0.05) is 25.2 Å². The lowest BCUT2D eigenvalue weighted by Crippen LogP contribution is -2.33. The SMILES string of the molecule is C=CCN(CC=C)S(=O)(=O)c1ccc(C(=O)N(CCCN(C)C)c2nc3c(OC)cccc3s2)cc1. The summed E-state index contributed by atoms with van der Waals surface area (Å²) in [5, 5.41) is 0.568. The van der Waals surface area contributed by atoms with Crippen LogP contribution in [0, 0.1) is 0 Å². The summed E-state index contributed by atoms with van der Waals surface area (Å²) in [5.74, 6) is 0.401. The Morgan fingerprint density at radius 2 is 1.72 bits per heavy atom. The Labute approximate surface area is 217 Å². The third-order valence-electron chi connectivity index (χ3n) is 5.46. The normalized spacial score (nSPS) is 11.7. The molecule has 0 fully saturated rings. The van der Waals surface area contributed by atoms with Crippen LogP contribution in [0.1, 0.15) is 16.8 Å². The van der Waals surface area contributed by atoms with Crippen molar-refractivity contribution in [1.82, 2.24) is 14.2 Å².